The van der Waals surface area contributed by atoms with Crippen LogP contribution in [-0.4, -0.2) is 26.8 Å². The number of benzene rings is 1. The number of aryl methyl sites for hydroxylation is 1. The topological polar surface area (TPSA) is 63.1 Å². The summed E-state index contributed by atoms with van der Waals surface area (Å²) in [5, 5.41) is 9.35. The monoisotopic (exact) mass is 260 g/mol. The SMILES string of the molecule is Cc1nc(SCC(=O)O)cc(-c2ccccc2)n1. The number of carboxylic acids is 1. The van der Waals surface area contributed by atoms with Crippen molar-refractivity contribution in [3.8, 4) is 11.3 Å². The Balaban J connectivity index is 2.29. The summed E-state index contributed by atoms with van der Waals surface area (Å²) in [6, 6.07) is 11.6. The van der Waals surface area contributed by atoms with Crippen LogP contribution in [0.5, 0.6) is 0 Å². The van der Waals surface area contributed by atoms with Gasteiger partial charge in [-0.25, -0.2) is 9.97 Å². The van der Waals surface area contributed by atoms with Crippen molar-refractivity contribution in [2.45, 2.75) is 11.9 Å². The molecule has 2 rings (SSSR count). The average Bonchev–Trinajstić information content (AvgIpc) is 2.37. The van der Waals surface area contributed by atoms with E-state index in [1.807, 2.05) is 36.4 Å². The average molecular weight is 260 g/mol. The molecule has 2 aromatic rings. The van der Waals surface area contributed by atoms with Gasteiger partial charge >= 0.3 is 5.97 Å². The predicted molar refractivity (Wildman–Crippen MR) is 70.6 cm³/mol. The van der Waals surface area contributed by atoms with E-state index in [1.54, 1.807) is 6.92 Å². The summed E-state index contributed by atoms with van der Waals surface area (Å²) < 4.78 is 0. The lowest BCUT2D eigenvalue weighted by Gasteiger charge is -2.05. The van der Waals surface area contributed by atoms with Crippen LogP contribution in [0, 0.1) is 6.92 Å². The number of nitrogens with zero attached hydrogens (tertiary/aromatic N) is 2. The van der Waals surface area contributed by atoms with E-state index in [1.165, 1.54) is 11.8 Å². The molecule has 18 heavy (non-hydrogen) atoms. The second-order valence-corrected chi connectivity index (χ2v) is 4.68. The van der Waals surface area contributed by atoms with Gasteiger partial charge in [0.2, 0.25) is 0 Å². The van der Waals surface area contributed by atoms with Gasteiger partial charge in [0.15, 0.2) is 0 Å². The maximum atomic E-state index is 10.5. The van der Waals surface area contributed by atoms with Crippen LogP contribution in [0.2, 0.25) is 0 Å². The summed E-state index contributed by atoms with van der Waals surface area (Å²) in [6.45, 7) is 1.80. The Morgan fingerprint density at radius 3 is 2.67 bits per heavy atom. The van der Waals surface area contributed by atoms with Crippen molar-refractivity contribution < 1.29 is 9.90 Å². The Morgan fingerprint density at radius 2 is 2.00 bits per heavy atom. The van der Waals surface area contributed by atoms with Gasteiger partial charge in [0.05, 0.1) is 11.4 Å². The van der Waals surface area contributed by atoms with E-state index in [9.17, 15) is 4.79 Å². The summed E-state index contributed by atoms with van der Waals surface area (Å²) in [7, 11) is 0. The van der Waals surface area contributed by atoms with Crippen molar-refractivity contribution >= 4 is 17.7 Å². The largest absolute Gasteiger partial charge is 0.481 e. The van der Waals surface area contributed by atoms with Crippen LogP contribution in [0.4, 0.5) is 0 Å². The molecule has 0 bridgehead atoms. The summed E-state index contributed by atoms with van der Waals surface area (Å²) in [6.07, 6.45) is 0. The minimum atomic E-state index is -0.850. The van der Waals surface area contributed by atoms with Crippen LogP contribution in [0.1, 0.15) is 5.82 Å². The van der Waals surface area contributed by atoms with Gasteiger partial charge in [0, 0.05) is 5.56 Å². The molecular weight excluding hydrogens is 248 g/mol. The molecule has 0 fully saturated rings. The molecule has 0 saturated carbocycles. The van der Waals surface area contributed by atoms with Crippen molar-refractivity contribution in [1.29, 1.82) is 0 Å². The third-order valence-corrected chi connectivity index (χ3v) is 3.12. The highest BCUT2D eigenvalue weighted by molar-refractivity contribution is 7.99. The lowest BCUT2D eigenvalue weighted by Crippen LogP contribution is -2.00. The lowest BCUT2D eigenvalue weighted by atomic mass is 10.1. The van der Waals surface area contributed by atoms with Crippen molar-refractivity contribution in [2.75, 3.05) is 5.75 Å². The molecule has 0 aliphatic carbocycles. The Labute approximate surface area is 109 Å². The maximum Gasteiger partial charge on any atom is 0.313 e. The number of rotatable bonds is 4. The van der Waals surface area contributed by atoms with Gasteiger partial charge in [-0.2, -0.15) is 0 Å². The first kappa shape index (κ1) is 12.6. The number of hydrogen-bond donors (Lipinski definition) is 1. The van der Waals surface area contributed by atoms with Crippen molar-refractivity contribution in [3.63, 3.8) is 0 Å². The van der Waals surface area contributed by atoms with E-state index in [4.69, 9.17) is 5.11 Å². The quantitative estimate of drug-likeness (QED) is 0.676. The van der Waals surface area contributed by atoms with E-state index in [2.05, 4.69) is 9.97 Å². The molecule has 1 aromatic carbocycles. The fourth-order valence-electron chi connectivity index (χ4n) is 1.51. The van der Waals surface area contributed by atoms with Gasteiger partial charge in [-0.1, -0.05) is 42.1 Å². The summed E-state index contributed by atoms with van der Waals surface area (Å²) in [4.78, 5) is 19.1. The molecule has 0 atom stereocenters. The van der Waals surface area contributed by atoms with Crippen molar-refractivity contribution in [2.24, 2.45) is 0 Å². The zero-order valence-corrected chi connectivity index (χ0v) is 10.6. The van der Waals surface area contributed by atoms with Crippen LogP contribution in [-0.2, 0) is 4.79 Å². The lowest BCUT2D eigenvalue weighted by molar-refractivity contribution is -0.133. The van der Waals surface area contributed by atoms with E-state index < -0.39 is 5.97 Å². The van der Waals surface area contributed by atoms with Gasteiger partial charge in [0.1, 0.15) is 10.9 Å². The first-order valence-corrected chi connectivity index (χ1v) is 6.39. The van der Waals surface area contributed by atoms with Crippen LogP contribution in [0.15, 0.2) is 41.4 Å². The number of aromatic nitrogens is 2. The number of carbonyl (C=O) groups is 1. The Hall–Kier alpha value is -1.88. The molecule has 0 spiro atoms. The first-order valence-electron chi connectivity index (χ1n) is 5.41. The molecule has 92 valence electrons. The van der Waals surface area contributed by atoms with E-state index in [-0.39, 0.29) is 5.75 Å². The highest BCUT2D eigenvalue weighted by Gasteiger charge is 2.06. The molecule has 1 aromatic heterocycles. The van der Waals surface area contributed by atoms with Gasteiger partial charge in [-0.05, 0) is 13.0 Å². The third kappa shape index (κ3) is 3.30. The van der Waals surface area contributed by atoms with Gasteiger partial charge < -0.3 is 5.11 Å². The molecule has 1 heterocycles. The van der Waals surface area contributed by atoms with Crippen LogP contribution >= 0.6 is 11.8 Å². The van der Waals surface area contributed by atoms with Crippen molar-refractivity contribution in [1.82, 2.24) is 9.97 Å². The third-order valence-electron chi connectivity index (χ3n) is 2.23. The zero-order chi connectivity index (χ0) is 13.0. The molecule has 4 nitrogen and oxygen atoms in total. The molecule has 0 amide bonds. The molecule has 0 saturated heterocycles. The van der Waals surface area contributed by atoms with Crippen LogP contribution in [0.3, 0.4) is 0 Å². The van der Waals surface area contributed by atoms with Crippen molar-refractivity contribution in [3.05, 3.63) is 42.2 Å². The Morgan fingerprint density at radius 1 is 1.28 bits per heavy atom. The fraction of sp³-hybridized carbons (Fsp3) is 0.154. The predicted octanol–water partition coefficient (Wildman–Crippen LogP) is 2.63. The molecule has 0 unspecified atom stereocenters. The van der Waals surface area contributed by atoms with Gasteiger partial charge in [-0.15, -0.1) is 0 Å². The molecule has 5 heteroatoms. The van der Waals surface area contributed by atoms with E-state index >= 15 is 0 Å². The minimum Gasteiger partial charge on any atom is -0.481 e. The van der Waals surface area contributed by atoms with Gasteiger partial charge in [-0.3, -0.25) is 4.79 Å². The number of thioether (sulfide) groups is 1. The second-order valence-electron chi connectivity index (χ2n) is 3.69. The minimum absolute atomic E-state index is 0.00465. The van der Waals surface area contributed by atoms with Gasteiger partial charge in [0.25, 0.3) is 0 Å². The Bertz CT molecular complexity index is 558. The van der Waals surface area contributed by atoms with Crippen LogP contribution in [0.25, 0.3) is 11.3 Å². The zero-order valence-electron chi connectivity index (χ0n) is 9.83. The second kappa shape index (κ2) is 5.64. The van der Waals surface area contributed by atoms with Crippen LogP contribution < -0.4 is 0 Å². The summed E-state index contributed by atoms with van der Waals surface area (Å²) in [5.74, 6) is -0.202. The molecule has 0 radical (unpaired) electrons. The highest BCUT2D eigenvalue weighted by Crippen LogP contribution is 2.22. The summed E-state index contributed by atoms with van der Waals surface area (Å²) >= 11 is 1.20. The molecular formula is C13H12N2O2S. The number of carboxylic acid groups (broad SMARTS) is 1. The Kier molecular flexibility index (Phi) is 3.94. The fourth-order valence-corrected chi connectivity index (χ4v) is 2.17. The molecule has 1 N–H and O–H groups in total. The van der Waals surface area contributed by atoms with E-state index in [0.717, 1.165) is 11.3 Å². The maximum absolute atomic E-state index is 10.5. The van der Waals surface area contributed by atoms with E-state index in [0.29, 0.717) is 10.9 Å². The molecule has 0 aliphatic heterocycles. The summed E-state index contributed by atoms with van der Waals surface area (Å²) in [5.41, 5.74) is 1.82. The number of aliphatic carboxylic acids is 1. The number of hydrogen-bond acceptors (Lipinski definition) is 4. The smallest absolute Gasteiger partial charge is 0.313 e. The first-order chi connectivity index (χ1) is 8.65. The molecule has 0 aliphatic rings. The normalized spacial score (nSPS) is 10.3. The standard InChI is InChI=1S/C13H12N2O2S/c1-9-14-11(10-5-3-2-4-6-10)7-12(15-9)18-8-13(16)17/h2-7H,8H2,1H3,(H,16,17). The highest BCUT2D eigenvalue weighted by atomic mass is 32.2.